The van der Waals surface area contributed by atoms with E-state index in [0.717, 1.165) is 4.91 Å². The maximum Gasteiger partial charge on any atom is 0.119 e. The van der Waals surface area contributed by atoms with Crippen molar-refractivity contribution in [2.24, 2.45) is 0 Å². The Kier molecular flexibility index (Phi) is 1.00. The molecule has 1 heterocycles. The maximum absolute atomic E-state index is 9.02. The summed E-state index contributed by atoms with van der Waals surface area (Å²) in [5.41, 5.74) is 1.26. The molecule has 0 radical (unpaired) electrons. The van der Waals surface area contributed by atoms with E-state index < -0.39 is 0 Å². The summed E-state index contributed by atoms with van der Waals surface area (Å²) in [7, 11) is 0. The first kappa shape index (κ1) is 5.96. The van der Waals surface area contributed by atoms with Crippen LogP contribution in [0.15, 0.2) is 18.2 Å². The third-order valence-electron chi connectivity index (χ3n) is 1.38. The Labute approximate surface area is 62.0 Å². The molecule has 5 heteroatoms. The van der Waals surface area contributed by atoms with Crippen molar-refractivity contribution in [2.45, 2.75) is 0 Å². The molecule has 0 atom stereocenters. The third kappa shape index (κ3) is 0.861. The molecule has 0 amide bonds. The Hall–Kier alpha value is -1.78. The van der Waals surface area contributed by atoms with Crippen LogP contribution >= 0.6 is 0 Å². The molecule has 0 aliphatic carbocycles. The van der Waals surface area contributed by atoms with Crippen LogP contribution in [0.3, 0.4) is 0 Å². The number of nitrogens with zero attached hydrogens (tertiary/aromatic N) is 3. The van der Waals surface area contributed by atoms with Gasteiger partial charge in [0.25, 0.3) is 0 Å². The van der Waals surface area contributed by atoms with Gasteiger partial charge in [0.15, 0.2) is 0 Å². The first-order valence-electron chi connectivity index (χ1n) is 3.07. The number of phenols is 1. The fourth-order valence-corrected chi connectivity index (χ4v) is 0.920. The molecule has 1 aromatic carbocycles. The second-order valence-electron chi connectivity index (χ2n) is 2.19. The van der Waals surface area contributed by atoms with Crippen LogP contribution in [0.5, 0.6) is 5.75 Å². The monoisotopic (exact) mass is 150 g/mol. The van der Waals surface area contributed by atoms with E-state index in [1.807, 2.05) is 0 Å². The number of aromatic nitrogens is 3. The summed E-state index contributed by atoms with van der Waals surface area (Å²) in [5, 5.41) is 16.6. The van der Waals surface area contributed by atoms with Crippen molar-refractivity contribution in [3.05, 3.63) is 18.2 Å². The van der Waals surface area contributed by atoms with Gasteiger partial charge in [-0.05, 0) is 12.1 Å². The Balaban J connectivity index is 2.82. The lowest BCUT2D eigenvalue weighted by molar-refractivity contribution is 0.476. The van der Waals surface area contributed by atoms with E-state index in [1.54, 1.807) is 6.07 Å². The molecule has 0 aliphatic rings. The number of nitrogen functional groups attached to an aromatic ring is 1. The van der Waals surface area contributed by atoms with Crippen molar-refractivity contribution in [1.82, 2.24) is 15.1 Å². The van der Waals surface area contributed by atoms with Crippen LogP contribution in [-0.2, 0) is 0 Å². The van der Waals surface area contributed by atoms with Crippen molar-refractivity contribution in [1.29, 1.82) is 0 Å². The van der Waals surface area contributed by atoms with Gasteiger partial charge in [-0.2, -0.15) is 0 Å². The summed E-state index contributed by atoms with van der Waals surface area (Å²) in [5.74, 6) is 5.42. The van der Waals surface area contributed by atoms with Gasteiger partial charge in [0.1, 0.15) is 16.8 Å². The number of benzene rings is 1. The molecule has 0 fully saturated rings. The van der Waals surface area contributed by atoms with Crippen LogP contribution in [0, 0.1) is 0 Å². The molecule has 0 spiro atoms. The highest BCUT2D eigenvalue weighted by Gasteiger charge is 1.99. The average molecular weight is 150 g/mol. The molecule has 3 N–H and O–H groups in total. The minimum Gasteiger partial charge on any atom is -0.508 e. The fraction of sp³-hybridized carbons (Fsp3) is 0. The normalized spacial score (nSPS) is 10.5. The molecule has 1 aromatic heterocycles. The molecular weight excluding hydrogens is 144 g/mol. The largest absolute Gasteiger partial charge is 0.508 e. The van der Waals surface area contributed by atoms with Gasteiger partial charge in [-0.25, -0.2) is 0 Å². The first-order valence-corrected chi connectivity index (χ1v) is 3.07. The number of hydrogen-bond donors (Lipinski definition) is 2. The molecule has 0 bridgehead atoms. The lowest BCUT2D eigenvalue weighted by Crippen LogP contribution is -2.11. The van der Waals surface area contributed by atoms with Crippen molar-refractivity contribution in [3.8, 4) is 5.75 Å². The van der Waals surface area contributed by atoms with Gasteiger partial charge in [0, 0.05) is 6.07 Å². The van der Waals surface area contributed by atoms with Crippen LogP contribution in [-0.4, -0.2) is 20.2 Å². The zero-order valence-corrected chi connectivity index (χ0v) is 5.60. The maximum atomic E-state index is 9.02. The third-order valence-corrected chi connectivity index (χ3v) is 1.38. The van der Waals surface area contributed by atoms with E-state index in [-0.39, 0.29) is 5.75 Å². The minimum absolute atomic E-state index is 0.165. The van der Waals surface area contributed by atoms with E-state index in [9.17, 15) is 0 Å². The van der Waals surface area contributed by atoms with Crippen LogP contribution in [0.4, 0.5) is 0 Å². The van der Waals surface area contributed by atoms with Gasteiger partial charge in [-0.15, -0.1) is 10.2 Å². The van der Waals surface area contributed by atoms with Gasteiger partial charge in [-0.3, -0.25) is 0 Å². The van der Waals surface area contributed by atoms with Crippen LogP contribution in [0.1, 0.15) is 0 Å². The van der Waals surface area contributed by atoms with E-state index >= 15 is 0 Å². The molecular formula is C6H6N4O. The molecule has 11 heavy (non-hydrogen) atoms. The summed E-state index contributed by atoms with van der Waals surface area (Å²) < 4.78 is 0. The standard InChI is InChI=1S/C6H6N4O/c7-10-8-5-2-1-4(11)3-6(5)9-10/h1-3,11H,7H2. The zero-order chi connectivity index (χ0) is 7.84. The first-order chi connectivity index (χ1) is 5.25. The number of hydrogen-bond acceptors (Lipinski definition) is 4. The molecule has 56 valence electrons. The highest BCUT2D eigenvalue weighted by molar-refractivity contribution is 5.75. The molecule has 0 aliphatic heterocycles. The van der Waals surface area contributed by atoms with Crippen molar-refractivity contribution in [3.63, 3.8) is 0 Å². The Morgan fingerprint density at radius 2 is 2.00 bits per heavy atom. The molecule has 0 unspecified atom stereocenters. The molecule has 0 saturated carbocycles. The topological polar surface area (TPSA) is 77.0 Å². The predicted molar refractivity (Wildman–Crippen MR) is 39.3 cm³/mol. The summed E-state index contributed by atoms with van der Waals surface area (Å²) in [6.07, 6.45) is 0. The van der Waals surface area contributed by atoms with E-state index in [2.05, 4.69) is 10.2 Å². The van der Waals surface area contributed by atoms with E-state index in [4.69, 9.17) is 10.9 Å². The number of aromatic hydroxyl groups is 1. The number of nitrogens with two attached hydrogens (primary N) is 1. The van der Waals surface area contributed by atoms with Gasteiger partial charge >= 0.3 is 0 Å². The van der Waals surface area contributed by atoms with Gasteiger partial charge < -0.3 is 10.9 Å². The van der Waals surface area contributed by atoms with Crippen molar-refractivity contribution in [2.75, 3.05) is 5.84 Å². The lowest BCUT2D eigenvalue weighted by atomic mass is 10.3. The van der Waals surface area contributed by atoms with Crippen LogP contribution < -0.4 is 5.84 Å². The highest BCUT2D eigenvalue weighted by Crippen LogP contribution is 2.14. The molecule has 5 nitrogen and oxygen atoms in total. The van der Waals surface area contributed by atoms with Crippen molar-refractivity contribution >= 4 is 11.0 Å². The Bertz CT molecular complexity index is 394. The Morgan fingerprint density at radius 1 is 1.27 bits per heavy atom. The molecule has 0 saturated heterocycles. The lowest BCUT2D eigenvalue weighted by Gasteiger charge is -1.86. The summed E-state index contributed by atoms with van der Waals surface area (Å²) in [6, 6.07) is 4.70. The minimum atomic E-state index is 0.165. The number of phenolic OH excluding ortho intramolecular Hbond substituents is 1. The number of fused-ring (bicyclic) bond motifs is 1. The quantitative estimate of drug-likeness (QED) is 0.512. The van der Waals surface area contributed by atoms with E-state index in [1.165, 1.54) is 12.1 Å². The zero-order valence-electron chi connectivity index (χ0n) is 5.60. The highest BCUT2D eigenvalue weighted by atomic mass is 16.3. The fourth-order valence-electron chi connectivity index (χ4n) is 0.920. The van der Waals surface area contributed by atoms with Gasteiger partial charge in [-0.1, -0.05) is 4.91 Å². The van der Waals surface area contributed by atoms with E-state index in [0.29, 0.717) is 11.0 Å². The van der Waals surface area contributed by atoms with Crippen LogP contribution in [0.2, 0.25) is 0 Å². The van der Waals surface area contributed by atoms with Gasteiger partial charge in [0.05, 0.1) is 0 Å². The second kappa shape index (κ2) is 1.85. The van der Waals surface area contributed by atoms with Gasteiger partial charge in [0.2, 0.25) is 0 Å². The smallest absolute Gasteiger partial charge is 0.119 e. The molecule has 2 aromatic rings. The predicted octanol–water partition coefficient (Wildman–Crippen LogP) is -0.149. The molecule has 2 rings (SSSR count). The Morgan fingerprint density at radius 3 is 2.82 bits per heavy atom. The van der Waals surface area contributed by atoms with Crippen LogP contribution in [0.25, 0.3) is 11.0 Å². The average Bonchev–Trinajstić information content (AvgIpc) is 2.27. The summed E-state index contributed by atoms with van der Waals surface area (Å²) in [6.45, 7) is 0. The number of rotatable bonds is 0. The van der Waals surface area contributed by atoms with Crippen molar-refractivity contribution < 1.29 is 5.11 Å². The summed E-state index contributed by atoms with van der Waals surface area (Å²) in [4.78, 5) is 0.976. The SMILES string of the molecule is Nn1nc2ccc(O)cc2n1. The summed E-state index contributed by atoms with van der Waals surface area (Å²) >= 11 is 0. The second-order valence-corrected chi connectivity index (χ2v) is 2.19.